The van der Waals surface area contributed by atoms with E-state index in [0.29, 0.717) is 50.4 Å². The Morgan fingerprint density at radius 1 is 0.558 bits per heavy atom. The Labute approximate surface area is 306 Å². The second-order valence-corrected chi connectivity index (χ2v) is 14.4. The smallest absolute Gasteiger partial charge is 0.137 e. The molecule has 0 N–H and O–H groups in total. The first-order valence-corrected chi connectivity index (χ1v) is 19.1. The van der Waals surface area contributed by atoms with Crippen LogP contribution in [0.4, 0.5) is 11.4 Å². The van der Waals surface area contributed by atoms with Crippen LogP contribution in [0.15, 0.2) is 72.8 Å². The van der Waals surface area contributed by atoms with E-state index >= 15 is 0 Å². The maximum Gasteiger partial charge on any atom is 0.137 e. The number of anilines is 2. The van der Waals surface area contributed by atoms with E-state index in [9.17, 15) is 9.59 Å². The van der Waals surface area contributed by atoms with Crippen LogP contribution in [-0.2, 0) is 44.7 Å². The molecule has 10 heteroatoms. The molecule has 1 aliphatic carbocycles. The van der Waals surface area contributed by atoms with Crippen LogP contribution in [0.1, 0.15) is 84.3 Å². The van der Waals surface area contributed by atoms with Crippen molar-refractivity contribution >= 4 is 22.9 Å². The highest BCUT2D eigenvalue weighted by atomic mass is 16.5. The van der Waals surface area contributed by atoms with Crippen LogP contribution in [-0.4, -0.2) is 84.6 Å². The summed E-state index contributed by atoms with van der Waals surface area (Å²) in [6.07, 6.45) is 7.21. The van der Waals surface area contributed by atoms with Crippen LogP contribution >= 0.6 is 0 Å². The fraction of sp³-hybridized carbons (Fsp3) is 0.476. The highest BCUT2D eigenvalue weighted by Crippen LogP contribution is 2.40. The third-order valence-corrected chi connectivity index (χ3v) is 10.7. The molecule has 52 heavy (non-hydrogen) atoms. The fourth-order valence-corrected chi connectivity index (χ4v) is 7.63. The maximum absolute atomic E-state index is 12.8. The molecular weight excluding hydrogens is 652 g/mol. The number of hydrogen-bond donors (Lipinski definition) is 0. The second-order valence-electron chi connectivity index (χ2n) is 14.4. The number of ketones is 2. The lowest BCUT2D eigenvalue weighted by molar-refractivity contribution is -0.119. The Bertz CT molecular complexity index is 1610. The van der Waals surface area contributed by atoms with Gasteiger partial charge < -0.3 is 19.3 Å². The van der Waals surface area contributed by atoms with Gasteiger partial charge in [-0.1, -0.05) is 30.7 Å². The highest BCUT2D eigenvalue weighted by molar-refractivity contribution is 5.81. The average Bonchev–Trinajstić information content (AvgIpc) is 3.21. The number of carbonyl (C=O) groups is 2. The molecule has 2 atom stereocenters. The van der Waals surface area contributed by atoms with E-state index in [2.05, 4.69) is 90.9 Å². The largest absolute Gasteiger partial charge is 0.378 e. The van der Waals surface area contributed by atoms with Crippen LogP contribution in [0.5, 0.6) is 0 Å². The first-order chi connectivity index (χ1) is 25.6. The van der Waals surface area contributed by atoms with Gasteiger partial charge in [-0.25, -0.2) is 0 Å². The van der Waals surface area contributed by atoms with E-state index in [0.717, 1.165) is 112 Å². The summed E-state index contributed by atoms with van der Waals surface area (Å²) in [6, 6.07) is 24.9. The van der Waals surface area contributed by atoms with Gasteiger partial charge in [0.05, 0.1) is 49.2 Å². The number of benzene rings is 2. The molecule has 2 aliphatic heterocycles. The summed E-state index contributed by atoms with van der Waals surface area (Å²) in [6.45, 7) is 6.65. The summed E-state index contributed by atoms with van der Waals surface area (Å²) in [7, 11) is 0. The number of nitrogens with zero attached hydrogens (tertiary/aromatic N) is 6. The molecule has 2 saturated heterocycles. The summed E-state index contributed by atoms with van der Waals surface area (Å²) < 4.78 is 10.9. The highest BCUT2D eigenvalue weighted by Gasteiger charge is 2.27. The Hall–Kier alpha value is -4.54. The topological polar surface area (TPSA) is 111 Å². The number of ether oxygens (including phenoxy) is 2. The normalized spacial score (nSPS) is 19.4. The molecule has 7 rings (SSSR count). The Morgan fingerprint density at radius 3 is 1.37 bits per heavy atom. The first-order valence-electron chi connectivity index (χ1n) is 19.1. The zero-order valence-electron chi connectivity index (χ0n) is 30.1. The number of Topliss-reactive ketones (excluding diaryl/α,β-unsaturated/α-hetero) is 2. The molecule has 272 valence electrons. The molecule has 10 nitrogen and oxygen atoms in total. The Kier molecular flexibility index (Phi) is 12.3. The summed E-state index contributed by atoms with van der Waals surface area (Å²) in [5.74, 6) is 1.07. The van der Waals surface area contributed by atoms with Gasteiger partial charge in [0, 0.05) is 75.1 Å². The third kappa shape index (κ3) is 9.86. The predicted octanol–water partition coefficient (Wildman–Crippen LogP) is 5.87. The molecule has 3 fully saturated rings. The van der Waals surface area contributed by atoms with Crippen LogP contribution < -0.4 is 9.80 Å². The Morgan fingerprint density at radius 2 is 0.981 bits per heavy atom. The number of morpholine rings is 2. The molecule has 2 aromatic carbocycles. The van der Waals surface area contributed by atoms with Crippen molar-refractivity contribution in [1.29, 1.82) is 0 Å². The SMILES string of the molecule is O=C(CCc1ccc(C2CCCC(c3ccc(CCC(=O)Cc4ccc(N5CCOCC5)cc4)nn3)C2)nn1)Cc1ccc(N2CCOCC2)cc1. The lowest BCUT2D eigenvalue weighted by Crippen LogP contribution is -2.36. The van der Waals surface area contributed by atoms with Gasteiger partial charge in [-0.15, -0.1) is 0 Å². The van der Waals surface area contributed by atoms with Gasteiger partial charge in [-0.2, -0.15) is 20.4 Å². The molecule has 1 saturated carbocycles. The van der Waals surface area contributed by atoms with Crippen molar-refractivity contribution in [2.75, 3.05) is 62.4 Å². The van der Waals surface area contributed by atoms with E-state index < -0.39 is 0 Å². The van der Waals surface area contributed by atoms with Crippen LogP contribution in [0.2, 0.25) is 0 Å². The lowest BCUT2D eigenvalue weighted by Gasteiger charge is -2.28. The minimum absolute atomic E-state index is 0.212. The van der Waals surface area contributed by atoms with Crippen molar-refractivity contribution in [1.82, 2.24) is 20.4 Å². The quantitative estimate of drug-likeness (QED) is 0.158. The molecule has 0 radical (unpaired) electrons. The molecule has 2 aromatic heterocycles. The van der Waals surface area contributed by atoms with Gasteiger partial charge in [-0.3, -0.25) is 9.59 Å². The van der Waals surface area contributed by atoms with Gasteiger partial charge in [0.25, 0.3) is 0 Å². The van der Waals surface area contributed by atoms with Crippen molar-refractivity contribution in [3.8, 4) is 0 Å². The fourth-order valence-electron chi connectivity index (χ4n) is 7.63. The molecule has 0 amide bonds. The zero-order chi connectivity index (χ0) is 35.5. The van der Waals surface area contributed by atoms with E-state index in [1.54, 1.807) is 0 Å². The Balaban J connectivity index is 0.832. The summed E-state index contributed by atoms with van der Waals surface area (Å²) in [5.41, 5.74) is 8.19. The van der Waals surface area contributed by atoms with Crippen LogP contribution in [0.3, 0.4) is 0 Å². The van der Waals surface area contributed by atoms with E-state index in [4.69, 9.17) is 9.47 Å². The van der Waals surface area contributed by atoms with Gasteiger partial charge >= 0.3 is 0 Å². The minimum atomic E-state index is 0.212. The lowest BCUT2D eigenvalue weighted by atomic mass is 9.78. The van der Waals surface area contributed by atoms with Crippen LogP contribution in [0.25, 0.3) is 0 Å². The van der Waals surface area contributed by atoms with Gasteiger partial charge in [0.15, 0.2) is 0 Å². The monoisotopic (exact) mass is 702 g/mol. The van der Waals surface area contributed by atoms with Crippen LogP contribution in [0, 0.1) is 0 Å². The predicted molar refractivity (Wildman–Crippen MR) is 201 cm³/mol. The number of rotatable bonds is 14. The van der Waals surface area contributed by atoms with Crippen molar-refractivity contribution in [2.45, 2.75) is 76.0 Å². The van der Waals surface area contributed by atoms with Gasteiger partial charge in [0.2, 0.25) is 0 Å². The molecular formula is C42H50N6O4. The standard InChI is InChI=1S/C42H50N6O4/c49-39(28-31-4-12-37(13-5-31)47-20-24-51-25-21-47)16-8-35-10-18-41(45-43-35)33-2-1-3-34(30-33)42-19-11-36(44-46-42)9-17-40(50)29-32-6-14-38(15-7-32)48-22-26-52-27-23-48/h4-7,10-15,18-19,33-34H,1-3,8-9,16-17,20-30H2. The molecule has 0 bridgehead atoms. The third-order valence-electron chi connectivity index (χ3n) is 10.7. The summed E-state index contributed by atoms with van der Waals surface area (Å²) in [4.78, 5) is 30.2. The molecule has 0 spiro atoms. The van der Waals surface area contributed by atoms with E-state index in [1.807, 2.05) is 12.1 Å². The van der Waals surface area contributed by atoms with E-state index in [-0.39, 0.29) is 11.6 Å². The van der Waals surface area contributed by atoms with E-state index in [1.165, 1.54) is 11.4 Å². The molecule has 4 heterocycles. The van der Waals surface area contributed by atoms with Gasteiger partial charge in [0.1, 0.15) is 11.6 Å². The van der Waals surface area contributed by atoms with Crippen molar-refractivity contribution in [2.24, 2.45) is 0 Å². The molecule has 2 unspecified atom stereocenters. The van der Waals surface area contributed by atoms with Crippen molar-refractivity contribution in [3.63, 3.8) is 0 Å². The first kappa shape index (κ1) is 35.8. The number of carbonyl (C=O) groups excluding carboxylic acids is 2. The maximum atomic E-state index is 12.8. The van der Waals surface area contributed by atoms with Crippen molar-refractivity contribution in [3.05, 3.63) is 107 Å². The average molecular weight is 703 g/mol. The van der Waals surface area contributed by atoms with Crippen molar-refractivity contribution < 1.29 is 19.1 Å². The number of aryl methyl sites for hydroxylation is 2. The second kappa shape index (κ2) is 17.8. The minimum Gasteiger partial charge on any atom is -0.378 e. The molecule has 3 aliphatic rings. The zero-order valence-corrected chi connectivity index (χ0v) is 30.1. The summed E-state index contributed by atoms with van der Waals surface area (Å²) >= 11 is 0. The summed E-state index contributed by atoms with van der Waals surface area (Å²) in [5, 5.41) is 18.2. The number of hydrogen-bond acceptors (Lipinski definition) is 10. The van der Waals surface area contributed by atoms with Gasteiger partial charge in [-0.05, 0) is 91.8 Å². The number of aromatic nitrogens is 4. The molecule has 4 aromatic rings.